The Kier molecular flexibility index (Phi) is 5.10. The standard InChI is InChI=1S/C15H23BN2O5S/c1-14(2)15(3,4)23-16(22-14)12-7-5-6-11(8-12)9-18-24(20,21)10-13(17)19/h5-8,18H,9-10H2,1-4H3,(H2,17,19). The van der Waals surface area contributed by atoms with Gasteiger partial charge < -0.3 is 15.0 Å². The van der Waals surface area contributed by atoms with Crippen molar-refractivity contribution in [3.05, 3.63) is 29.8 Å². The van der Waals surface area contributed by atoms with Crippen molar-refractivity contribution >= 4 is 28.5 Å². The van der Waals surface area contributed by atoms with Crippen molar-refractivity contribution in [1.29, 1.82) is 0 Å². The number of sulfonamides is 1. The van der Waals surface area contributed by atoms with Gasteiger partial charge in [0.25, 0.3) is 0 Å². The van der Waals surface area contributed by atoms with Crippen LogP contribution in [-0.2, 0) is 30.7 Å². The van der Waals surface area contributed by atoms with E-state index in [1.807, 2.05) is 39.8 Å². The summed E-state index contributed by atoms with van der Waals surface area (Å²) in [6, 6.07) is 7.26. The summed E-state index contributed by atoms with van der Waals surface area (Å²) in [5.41, 5.74) is 5.56. The normalized spacial score (nSPS) is 19.4. The molecule has 1 aliphatic rings. The number of carbonyl (C=O) groups is 1. The molecule has 0 atom stereocenters. The van der Waals surface area contributed by atoms with E-state index < -0.39 is 40.0 Å². The summed E-state index contributed by atoms with van der Waals surface area (Å²) in [6.07, 6.45) is 0. The van der Waals surface area contributed by atoms with Crippen LogP contribution >= 0.6 is 0 Å². The minimum Gasteiger partial charge on any atom is -0.399 e. The topological polar surface area (TPSA) is 108 Å². The van der Waals surface area contributed by atoms with Crippen molar-refractivity contribution in [3.63, 3.8) is 0 Å². The SMILES string of the molecule is CC1(C)OB(c2cccc(CNS(=O)(=O)CC(N)=O)c2)OC1(C)C. The fourth-order valence-electron chi connectivity index (χ4n) is 2.26. The highest BCUT2D eigenvalue weighted by atomic mass is 32.2. The van der Waals surface area contributed by atoms with Gasteiger partial charge in [0, 0.05) is 6.54 Å². The molecule has 9 heteroatoms. The summed E-state index contributed by atoms with van der Waals surface area (Å²) in [5, 5.41) is 0. The van der Waals surface area contributed by atoms with E-state index in [0.717, 1.165) is 11.0 Å². The highest BCUT2D eigenvalue weighted by Gasteiger charge is 2.51. The van der Waals surface area contributed by atoms with Crippen LogP contribution in [0.1, 0.15) is 33.3 Å². The van der Waals surface area contributed by atoms with E-state index in [0.29, 0.717) is 0 Å². The van der Waals surface area contributed by atoms with E-state index in [1.54, 1.807) is 12.1 Å². The Balaban J connectivity index is 2.09. The largest absolute Gasteiger partial charge is 0.494 e. The van der Waals surface area contributed by atoms with Gasteiger partial charge in [0.15, 0.2) is 0 Å². The molecular formula is C15H23BN2O5S. The van der Waals surface area contributed by atoms with Gasteiger partial charge in [0.2, 0.25) is 15.9 Å². The molecule has 0 saturated carbocycles. The van der Waals surface area contributed by atoms with Crippen LogP contribution in [0.4, 0.5) is 0 Å². The van der Waals surface area contributed by atoms with Gasteiger partial charge in [0.1, 0.15) is 5.75 Å². The Labute approximate surface area is 143 Å². The number of nitrogens with two attached hydrogens (primary N) is 1. The fraction of sp³-hybridized carbons (Fsp3) is 0.533. The maximum Gasteiger partial charge on any atom is 0.494 e. The predicted molar refractivity (Wildman–Crippen MR) is 92.0 cm³/mol. The molecule has 1 aliphatic heterocycles. The molecule has 0 aromatic heterocycles. The molecule has 1 aromatic carbocycles. The molecule has 7 nitrogen and oxygen atoms in total. The zero-order chi connectivity index (χ0) is 18.2. The molecule has 1 fully saturated rings. The van der Waals surface area contributed by atoms with Crippen LogP contribution < -0.4 is 15.9 Å². The average molecular weight is 354 g/mol. The van der Waals surface area contributed by atoms with Crippen molar-refractivity contribution < 1.29 is 22.5 Å². The number of hydrogen-bond acceptors (Lipinski definition) is 5. The van der Waals surface area contributed by atoms with Crippen LogP contribution in [0.2, 0.25) is 0 Å². The Morgan fingerprint density at radius 1 is 1.21 bits per heavy atom. The number of nitrogens with one attached hydrogen (secondary N) is 1. The van der Waals surface area contributed by atoms with Crippen LogP contribution in [-0.4, -0.2) is 38.4 Å². The molecule has 0 radical (unpaired) electrons. The van der Waals surface area contributed by atoms with Crippen LogP contribution in [0, 0.1) is 0 Å². The van der Waals surface area contributed by atoms with E-state index in [2.05, 4.69) is 4.72 Å². The lowest BCUT2D eigenvalue weighted by Gasteiger charge is -2.32. The summed E-state index contributed by atoms with van der Waals surface area (Å²) >= 11 is 0. The lowest BCUT2D eigenvalue weighted by atomic mass is 9.78. The summed E-state index contributed by atoms with van der Waals surface area (Å²) < 4.78 is 37.6. The first-order valence-corrected chi connectivity index (χ1v) is 9.27. The Hall–Kier alpha value is -1.42. The second kappa shape index (κ2) is 6.47. The first-order chi connectivity index (χ1) is 10.9. The van der Waals surface area contributed by atoms with E-state index in [4.69, 9.17) is 15.0 Å². The number of hydrogen-bond donors (Lipinski definition) is 2. The molecule has 132 valence electrons. The number of amides is 1. The minimum atomic E-state index is -3.74. The first-order valence-electron chi connectivity index (χ1n) is 7.62. The quantitative estimate of drug-likeness (QED) is 0.693. The molecule has 2 rings (SSSR count). The molecule has 1 heterocycles. The Bertz CT molecular complexity index is 717. The lowest BCUT2D eigenvalue weighted by molar-refractivity contribution is -0.115. The number of carbonyl (C=O) groups excluding carboxylic acids is 1. The first kappa shape index (κ1) is 18.9. The van der Waals surface area contributed by atoms with Crippen LogP contribution in [0.25, 0.3) is 0 Å². The van der Waals surface area contributed by atoms with Crippen molar-refractivity contribution in [3.8, 4) is 0 Å². The second-order valence-corrected chi connectivity index (χ2v) is 8.69. The van der Waals surface area contributed by atoms with E-state index >= 15 is 0 Å². The number of rotatable bonds is 6. The monoisotopic (exact) mass is 354 g/mol. The maximum absolute atomic E-state index is 11.7. The van der Waals surface area contributed by atoms with Gasteiger partial charge in [-0.3, -0.25) is 4.79 Å². The summed E-state index contributed by atoms with van der Waals surface area (Å²) in [4.78, 5) is 10.7. The highest BCUT2D eigenvalue weighted by molar-refractivity contribution is 7.90. The van der Waals surface area contributed by atoms with Crippen molar-refractivity contribution in [1.82, 2.24) is 4.72 Å². The van der Waals surface area contributed by atoms with Gasteiger partial charge in [-0.2, -0.15) is 0 Å². The Morgan fingerprint density at radius 3 is 2.33 bits per heavy atom. The molecule has 0 spiro atoms. The van der Waals surface area contributed by atoms with Crippen LogP contribution in [0.3, 0.4) is 0 Å². The molecule has 24 heavy (non-hydrogen) atoms. The van der Waals surface area contributed by atoms with E-state index in [1.165, 1.54) is 0 Å². The second-order valence-electron chi connectivity index (χ2n) is 6.88. The number of benzene rings is 1. The van der Waals surface area contributed by atoms with Crippen molar-refractivity contribution in [2.24, 2.45) is 5.73 Å². The van der Waals surface area contributed by atoms with Gasteiger partial charge in [-0.15, -0.1) is 0 Å². The van der Waals surface area contributed by atoms with Crippen LogP contribution in [0.15, 0.2) is 24.3 Å². The smallest absolute Gasteiger partial charge is 0.399 e. The molecule has 3 N–H and O–H groups in total. The zero-order valence-electron chi connectivity index (χ0n) is 14.3. The molecule has 1 saturated heterocycles. The van der Waals surface area contributed by atoms with E-state index in [9.17, 15) is 13.2 Å². The number of primary amides is 1. The fourth-order valence-corrected chi connectivity index (χ4v) is 3.12. The molecular weight excluding hydrogens is 331 g/mol. The van der Waals surface area contributed by atoms with Gasteiger partial charge in [-0.05, 0) is 38.7 Å². The zero-order valence-corrected chi connectivity index (χ0v) is 15.1. The summed E-state index contributed by atoms with van der Waals surface area (Å²) in [5.74, 6) is -1.63. The molecule has 1 amide bonds. The van der Waals surface area contributed by atoms with Crippen molar-refractivity contribution in [2.75, 3.05) is 5.75 Å². The lowest BCUT2D eigenvalue weighted by Crippen LogP contribution is -2.41. The molecule has 1 aromatic rings. The predicted octanol–water partition coefficient (Wildman–Crippen LogP) is -0.109. The Morgan fingerprint density at radius 2 is 1.79 bits per heavy atom. The third-order valence-corrected chi connectivity index (χ3v) is 5.55. The molecule has 0 bridgehead atoms. The summed E-state index contributed by atoms with van der Waals surface area (Å²) in [7, 11) is -4.25. The molecule has 0 aliphatic carbocycles. The highest BCUT2D eigenvalue weighted by Crippen LogP contribution is 2.36. The third kappa shape index (κ3) is 4.35. The third-order valence-electron chi connectivity index (χ3n) is 4.30. The van der Waals surface area contributed by atoms with Gasteiger partial charge in [-0.25, -0.2) is 13.1 Å². The maximum atomic E-state index is 11.7. The minimum absolute atomic E-state index is 0.0585. The molecule has 0 unspecified atom stereocenters. The average Bonchev–Trinajstić information content (AvgIpc) is 2.64. The van der Waals surface area contributed by atoms with Gasteiger partial charge in [0.05, 0.1) is 11.2 Å². The van der Waals surface area contributed by atoms with E-state index in [-0.39, 0.29) is 6.54 Å². The van der Waals surface area contributed by atoms with Gasteiger partial charge >= 0.3 is 7.12 Å². The van der Waals surface area contributed by atoms with Crippen molar-refractivity contribution in [2.45, 2.75) is 45.4 Å². The van der Waals surface area contributed by atoms with Gasteiger partial charge in [-0.1, -0.05) is 24.3 Å². The van der Waals surface area contributed by atoms with Crippen LogP contribution in [0.5, 0.6) is 0 Å². The summed E-state index contributed by atoms with van der Waals surface area (Å²) in [6.45, 7) is 7.93.